The van der Waals surface area contributed by atoms with Gasteiger partial charge in [0.2, 0.25) is 0 Å². The number of benzene rings is 2. The van der Waals surface area contributed by atoms with E-state index in [0.29, 0.717) is 0 Å². The van der Waals surface area contributed by atoms with E-state index in [1.165, 1.54) is 4.90 Å². The van der Waals surface area contributed by atoms with E-state index < -0.39 is 5.97 Å². The summed E-state index contributed by atoms with van der Waals surface area (Å²) in [4.78, 5) is 26.0. The molecule has 24 heavy (non-hydrogen) atoms. The minimum atomic E-state index is -0.424. The molecule has 3 rings (SSSR count). The van der Waals surface area contributed by atoms with Gasteiger partial charge in [-0.2, -0.15) is 0 Å². The number of carbonyl (C=O) groups is 2. The number of amides is 2. The molecule has 2 aromatic rings. The molecule has 0 radical (unpaired) electrons. The third kappa shape index (κ3) is 3.28. The maximum absolute atomic E-state index is 12.6. The van der Waals surface area contributed by atoms with Crippen molar-refractivity contribution in [1.82, 2.24) is 4.90 Å². The standard InChI is InChI=1S/C18H17BrN2O3/c1-2-24-16(22)11-21-17(12-6-4-3-5-7-12)14-10-13(19)8-9-15(14)20-18(21)23/h3-10,17H,2,11H2,1H3,(H,20,23)/t17-/m0/s1. The highest BCUT2D eigenvalue weighted by Gasteiger charge is 2.35. The molecular weight excluding hydrogens is 372 g/mol. The van der Waals surface area contributed by atoms with Crippen LogP contribution in [-0.2, 0) is 9.53 Å². The number of esters is 1. The molecule has 1 heterocycles. The Morgan fingerprint density at radius 2 is 2.00 bits per heavy atom. The van der Waals surface area contributed by atoms with E-state index in [1.807, 2.05) is 48.5 Å². The van der Waals surface area contributed by atoms with Crippen LogP contribution < -0.4 is 5.32 Å². The topological polar surface area (TPSA) is 58.6 Å². The van der Waals surface area contributed by atoms with Crippen molar-refractivity contribution in [2.24, 2.45) is 0 Å². The van der Waals surface area contributed by atoms with Crippen LogP contribution >= 0.6 is 15.9 Å². The van der Waals surface area contributed by atoms with Gasteiger partial charge < -0.3 is 15.0 Å². The molecule has 124 valence electrons. The second kappa shape index (κ2) is 7.05. The first kappa shape index (κ1) is 16.5. The number of nitrogens with zero attached hydrogens (tertiary/aromatic N) is 1. The lowest BCUT2D eigenvalue weighted by atomic mass is 9.94. The first-order valence-electron chi connectivity index (χ1n) is 7.67. The van der Waals surface area contributed by atoms with Gasteiger partial charge in [-0.3, -0.25) is 4.79 Å². The zero-order valence-corrected chi connectivity index (χ0v) is 14.7. The molecule has 0 fully saturated rings. The van der Waals surface area contributed by atoms with Gasteiger partial charge in [0.1, 0.15) is 6.54 Å². The van der Waals surface area contributed by atoms with Gasteiger partial charge in [0, 0.05) is 15.7 Å². The lowest BCUT2D eigenvalue weighted by Crippen LogP contribution is -2.45. The molecule has 6 heteroatoms. The van der Waals surface area contributed by atoms with Crippen molar-refractivity contribution < 1.29 is 14.3 Å². The molecule has 0 spiro atoms. The molecule has 2 aromatic carbocycles. The van der Waals surface area contributed by atoms with Gasteiger partial charge in [-0.15, -0.1) is 0 Å². The molecular formula is C18H17BrN2O3. The van der Waals surface area contributed by atoms with E-state index >= 15 is 0 Å². The smallest absolute Gasteiger partial charge is 0.325 e. The fourth-order valence-corrected chi connectivity index (χ4v) is 3.23. The normalized spacial score (nSPS) is 16.3. The zero-order valence-electron chi connectivity index (χ0n) is 13.2. The molecule has 1 aliphatic rings. The fraction of sp³-hybridized carbons (Fsp3) is 0.222. The largest absolute Gasteiger partial charge is 0.465 e. The Kier molecular flexibility index (Phi) is 4.85. The van der Waals surface area contributed by atoms with Crippen molar-refractivity contribution in [1.29, 1.82) is 0 Å². The number of carbonyl (C=O) groups excluding carboxylic acids is 2. The predicted molar refractivity (Wildman–Crippen MR) is 94.8 cm³/mol. The number of nitrogens with one attached hydrogen (secondary N) is 1. The van der Waals surface area contributed by atoms with Crippen LogP contribution in [0, 0.1) is 0 Å². The van der Waals surface area contributed by atoms with Gasteiger partial charge in [0.05, 0.1) is 12.6 Å². The summed E-state index contributed by atoms with van der Waals surface area (Å²) in [5.41, 5.74) is 2.62. The van der Waals surface area contributed by atoms with Crippen LogP contribution in [-0.4, -0.2) is 30.1 Å². The van der Waals surface area contributed by atoms with Gasteiger partial charge in [0.25, 0.3) is 0 Å². The second-order valence-electron chi connectivity index (χ2n) is 5.41. The monoisotopic (exact) mass is 388 g/mol. The summed E-state index contributed by atoms with van der Waals surface area (Å²) in [6, 6.07) is 14.7. The molecule has 5 nitrogen and oxygen atoms in total. The van der Waals surface area contributed by atoms with Gasteiger partial charge in [-0.05, 0) is 30.7 Å². The number of urea groups is 1. The minimum absolute atomic E-state index is 0.106. The fourth-order valence-electron chi connectivity index (χ4n) is 2.85. The summed E-state index contributed by atoms with van der Waals surface area (Å²) in [6.45, 7) is 1.92. The van der Waals surface area contributed by atoms with Gasteiger partial charge in [-0.1, -0.05) is 46.3 Å². The average molecular weight is 389 g/mol. The Morgan fingerprint density at radius 1 is 1.25 bits per heavy atom. The number of halogens is 1. The third-order valence-corrected chi connectivity index (χ3v) is 4.34. The highest BCUT2D eigenvalue weighted by atomic mass is 79.9. The summed E-state index contributed by atoms with van der Waals surface area (Å²) in [5, 5.41) is 2.84. The SMILES string of the molecule is CCOC(=O)CN1C(=O)Nc2ccc(Br)cc2[C@@H]1c1ccccc1. The first-order chi connectivity index (χ1) is 11.6. The number of hydrogen-bond acceptors (Lipinski definition) is 3. The van der Waals surface area contributed by atoms with Crippen molar-refractivity contribution in [3.05, 3.63) is 64.1 Å². The van der Waals surface area contributed by atoms with Gasteiger partial charge >= 0.3 is 12.0 Å². The van der Waals surface area contributed by atoms with E-state index in [4.69, 9.17) is 4.74 Å². The van der Waals surface area contributed by atoms with Crippen LogP contribution in [0.4, 0.5) is 10.5 Å². The molecule has 1 N–H and O–H groups in total. The lowest BCUT2D eigenvalue weighted by molar-refractivity contribution is -0.144. The molecule has 0 saturated heterocycles. The van der Waals surface area contributed by atoms with Crippen molar-refractivity contribution in [3.63, 3.8) is 0 Å². The number of rotatable bonds is 4. The molecule has 0 saturated carbocycles. The van der Waals surface area contributed by atoms with Gasteiger partial charge in [-0.25, -0.2) is 4.79 Å². The molecule has 2 amide bonds. The molecule has 1 atom stereocenters. The maximum Gasteiger partial charge on any atom is 0.325 e. The Hall–Kier alpha value is -2.34. The first-order valence-corrected chi connectivity index (χ1v) is 8.47. The third-order valence-electron chi connectivity index (χ3n) is 3.84. The summed E-state index contributed by atoms with van der Waals surface area (Å²) < 4.78 is 5.93. The van der Waals surface area contributed by atoms with E-state index in [1.54, 1.807) is 6.92 Å². The van der Waals surface area contributed by atoms with E-state index in [2.05, 4.69) is 21.2 Å². The molecule has 0 aromatic heterocycles. The Balaban J connectivity index is 2.06. The Bertz CT molecular complexity index is 764. The van der Waals surface area contributed by atoms with Crippen molar-refractivity contribution in [2.45, 2.75) is 13.0 Å². The van der Waals surface area contributed by atoms with E-state index in [0.717, 1.165) is 21.3 Å². The number of fused-ring (bicyclic) bond motifs is 1. The van der Waals surface area contributed by atoms with E-state index in [9.17, 15) is 9.59 Å². The zero-order chi connectivity index (χ0) is 17.1. The van der Waals surface area contributed by atoms with Crippen LogP contribution in [0.5, 0.6) is 0 Å². The van der Waals surface area contributed by atoms with Crippen LogP contribution in [0.1, 0.15) is 24.1 Å². The predicted octanol–water partition coefficient (Wildman–Crippen LogP) is 3.95. The summed E-state index contributed by atoms with van der Waals surface area (Å²) >= 11 is 3.48. The molecule has 0 aliphatic carbocycles. The van der Waals surface area contributed by atoms with E-state index in [-0.39, 0.29) is 25.2 Å². The second-order valence-corrected chi connectivity index (χ2v) is 6.32. The maximum atomic E-state index is 12.6. The van der Waals surface area contributed by atoms with Crippen LogP contribution in [0.15, 0.2) is 53.0 Å². The Labute approximate surface area is 148 Å². The number of anilines is 1. The number of ether oxygens (including phenoxy) is 1. The Morgan fingerprint density at radius 3 is 2.71 bits per heavy atom. The average Bonchev–Trinajstić information content (AvgIpc) is 2.57. The lowest BCUT2D eigenvalue weighted by Gasteiger charge is -2.37. The highest BCUT2D eigenvalue weighted by Crippen LogP contribution is 2.38. The van der Waals surface area contributed by atoms with Crippen LogP contribution in [0.25, 0.3) is 0 Å². The van der Waals surface area contributed by atoms with Crippen LogP contribution in [0.2, 0.25) is 0 Å². The summed E-state index contributed by atoms with van der Waals surface area (Å²) in [6.07, 6.45) is 0. The molecule has 0 bridgehead atoms. The molecule has 0 unspecified atom stereocenters. The minimum Gasteiger partial charge on any atom is -0.465 e. The van der Waals surface area contributed by atoms with Crippen molar-refractivity contribution in [2.75, 3.05) is 18.5 Å². The van der Waals surface area contributed by atoms with Crippen molar-refractivity contribution in [3.8, 4) is 0 Å². The highest BCUT2D eigenvalue weighted by molar-refractivity contribution is 9.10. The summed E-state index contributed by atoms with van der Waals surface area (Å²) in [7, 11) is 0. The molecule has 1 aliphatic heterocycles. The van der Waals surface area contributed by atoms with Crippen LogP contribution in [0.3, 0.4) is 0 Å². The number of hydrogen-bond donors (Lipinski definition) is 1. The van der Waals surface area contributed by atoms with Crippen molar-refractivity contribution >= 4 is 33.6 Å². The van der Waals surface area contributed by atoms with Gasteiger partial charge in [0.15, 0.2) is 0 Å². The quantitative estimate of drug-likeness (QED) is 0.806. The summed E-state index contributed by atoms with van der Waals surface area (Å²) in [5.74, 6) is -0.424.